The molecule has 0 saturated heterocycles. The third kappa shape index (κ3) is 3.78. The van der Waals surface area contributed by atoms with E-state index in [1.807, 2.05) is 25.2 Å². The van der Waals surface area contributed by atoms with Crippen LogP contribution in [0.1, 0.15) is 17.2 Å². The minimum Gasteiger partial charge on any atom is -0.313 e. The van der Waals surface area contributed by atoms with E-state index in [2.05, 4.69) is 21.2 Å². The van der Waals surface area contributed by atoms with E-state index >= 15 is 0 Å². The topological polar surface area (TPSA) is 12.0 Å². The summed E-state index contributed by atoms with van der Waals surface area (Å²) in [5.74, 6) is -0.212. The van der Waals surface area contributed by atoms with Crippen LogP contribution < -0.4 is 5.32 Å². The van der Waals surface area contributed by atoms with Crippen molar-refractivity contribution < 1.29 is 4.39 Å². The average molecular weight is 343 g/mol. The molecule has 2 aromatic rings. The Labute approximate surface area is 125 Å². The van der Waals surface area contributed by atoms with Crippen molar-refractivity contribution >= 4 is 27.5 Å². The zero-order valence-electron chi connectivity index (χ0n) is 10.5. The number of hydrogen-bond acceptors (Lipinski definition) is 1. The van der Waals surface area contributed by atoms with Gasteiger partial charge in [0, 0.05) is 10.5 Å². The molecule has 0 spiro atoms. The van der Waals surface area contributed by atoms with Crippen LogP contribution in [-0.4, -0.2) is 7.05 Å². The van der Waals surface area contributed by atoms with Crippen LogP contribution in [0.15, 0.2) is 46.9 Å². The molecule has 0 saturated carbocycles. The molecule has 0 fully saturated rings. The van der Waals surface area contributed by atoms with E-state index in [1.54, 1.807) is 12.1 Å². The molecule has 19 heavy (non-hydrogen) atoms. The predicted molar refractivity (Wildman–Crippen MR) is 81.1 cm³/mol. The van der Waals surface area contributed by atoms with Gasteiger partial charge in [0.2, 0.25) is 0 Å². The van der Waals surface area contributed by atoms with Gasteiger partial charge >= 0.3 is 0 Å². The largest absolute Gasteiger partial charge is 0.313 e. The quantitative estimate of drug-likeness (QED) is 0.846. The summed E-state index contributed by atoms with van der Waals surface area (Å²) in [7, 11) is 1.91. The lowest BCUT2D eigenvalue weighted by molar-refractivity contribution is 0.589. The molecular weight excluding hydrogens is 329 g/mol. The smallest absolute Gasteiger partial charge is 0.123 e. The molecule has 0 aliphatic rings. The fraction of sp³-hybridized carbons (Fsp3) is 0.200. The molecule has 0 aromatic heterocycles. The highest BCUT2D eigenvalue weighted by Gasteiger charge is 2.11. The second kappa shape index (κ2) is 6.51. The second-order valence-corrected chi connectivity index (χ2v) is 5.61. The van der Waals surface area contributed by atoms with Gasteiger partial charge in [0.05, 0.1) is 5.02 Å². The summed E-state index contributed by atoms with van der Waals surface area (Å²) in [6, 6.07) is 12.6. The molecule has 1 unspecified atom stereocenters. The Morgan fingerprint density at radius 2 is 1.89 bits per heavy atom. The molecule has 1 atom stereocenters. The van der Waals surface area contributed by atoms with Gasteiger partial charge in [-0.25, -0.2) is 4.39 Å². The number of rotatable bonds is 4. The average Bonchev–Trinajstić information content (AvgIpc) is 2.41. The van der Waals surface area contributed by atoms with Crippen LogP contribution >= 0.6 is 27.5 Å². The molecule has 0 aliphatic carbocycles. The van der Waals surface area contributed by atoms with Crippen LogP contribution in [0.25, 0.3) is 0 Å². The van der Waals surface area contributed by atoms with E-state index in [-0.39, 0.29) is 11.9 Å². The van der Waals surface area contributed by atoms with Gasteiger partial charge in [-0.2, -0.15) is 0 Å². The van der Waals surface area contributed by atoms with Crippen LogP contribution in [0.4, 0.5) is 4.39 Å². The minimum absolute atomic E-state index is 0.149. The molecule has 1 N–H and O–H groups in total. The lowest BCUT2D eigenvalue weighted by Crippen LogP contribution is -2.18. The minimum atomic E-state index is -0.212. The van der Waals surface area contributed by atoms with Crippen molar-refractivity contribution in [1.29, 1.82) is 0 Å². The number of likely N-dealkylation sites (N-methyl/N-ethyl adjacent to an activating group) is 1. The van der Waals surface area contributed by atoms with Crippen molar-refractivity contribution in [1.82, 2.24) is 5.32 Å². The molecule has 2 rings (SSSR count). The Bertz CT molecular complexity index is 557. The normalized spacial score (nSPS) is 12.4. The van der Waals surface area contributed by atoms with E-state index in [4.69, 9.17) is 11.6 Å². The molecule has 100 valence electrons. The Hall–Kier alpha value is -0.900. The maximum Gasteiger partial charge on any atom is 0.123 e. The molecule has 0 amide bonds. The van der Waals surface area contributed by atoms with Gasteiger partial charge < -0.3 is 5.32 Å². The third-order valence-corrected chi connectivity index (χ3v) is 4.28. The van der Waals surface area contributed by atoms with Crippen molar-refractivity contribution in [3.8, 4) is 0 Å². The third-order valence-electron chi connectivity index (χ3n) is 3.05. The van der Waals surface area contributed by atoms with E-state index < -0.39 is 0 Å². The van der Waals surface area contributed by atoms with E-state index in [0.717, 1.165) is 22.0 Å². The first kappa shape index (κ1) is 14.5. The maximum absolute atomic E-state index is 12.9. The molecule has 4 heteroatoms. The van der Waals surface area contributed by atoms with Crippen molar-refractivity contribution in [3.63, 3.8) is 0 Å². The van der Waals surface area contributed by atoms with Crippen LogP contribution in [0, 0.1) is 5.82 Å². The summed E-state index contributed by atoms with van der Waals surface area (Å²) in [4.78, 5) is 0. The highest BCUT2D eigenvalue weighted by molar-refractivity contribution is 9.10. The van der Waals surface area contributed by atoms with Crippen LogP contribution in [0.3, 0.4) is 0 Å². The SMILES string of the molecule is CNC(Cc1ccc(F)cc1)c1ccc(Br)c(Cl)c1. The van der Waals surface area contributed by atoms with Crippen LogP contribution in [0.5, 0.6) is 0 Å². The van der Waals surface area contributed by atoms with Crippen molar-refractivity contribution in [2.45, 2.75) is 12.5 Å². The van der Waals surface area contributed by atoms with Crippen molar-refractivity contribution in [3.05, 3.63) is 68.9 Å². The Morgan fingerprint density at radius 1 is 1.21 bits per heavy atom. The van der Waals surface area contributed by atoms with Crippen molar-refractivity contribution in [2.24, 2.45) is 0 Å². The molecule has 0 bridgehead atoms. The zero-order chi connectivity index (χ0) is 13.8. The summed E-state index contributed by atoms with van der Waals surface area (Å²) in [6.07, 6.45) is 0.786. The molecular formula is C15H14BrClFN. The van der Waals surface area contributed by atoms with Gasteiger partial charge in [0.25, 0.3) is 0 Å². The molecule has 0 heterocycles. The molecule has 0 radical (unpaired) electrons. The van der Waals surface area contributed by atoms with E-state index in [0.29, 0.717) is 5.02 Å². The Balaban J connectivity index is 2.19. The lowest BCUT2D eigenvalue weighted by atomic mass is 9.99. The fourth-order valence-electron chi connectivity index (χ4n) is 1.97. The van der Waals surface area contributed by atoms with Crippen LogP contribution in [-0.2, 0) is 6.42 Å². The number of benzene rings is 2. The molecule has 1 nitrogen and oxygen atoms in total. The predicted octanol–water partition coefficient (Wildman–Crippen LogP) is 4.74. The van der Waals surface area contributed by atoms with Crippen molar-refractivity contribution in [2.75, 3.05) is 7.05 Å². The van der Waals surface area contributed by atoms with Gasteiger partial charge in [-0.1, -0.05) is 29.8 Å². The lowest BCUT2D eigenvalue weighted by Gasteiger charge is -2.17. The first-order valence-corrected chi connectivity index (χ1v) is 7.14. The van der Waals surface area contributed by atoms with Crippen LogP contribution in [0.2, 0.25) is 5.02 Å². The summed E-state index contributed by atoms with van der Waals surface area (Å²) in [5.41, 5.74) is 2.19. The summed E-state index contributed by atoms with van der Waals surface area (Å²) < 4.78 is 13.8. The zero-order valence-corrected chi connectivity index (χ0v) is 12.8. The van der Waals surface area contributed by atoms with E-state index in [1.165, 1.54) is 12.1 Å². The van der Waals surface area contributed by atoms with Gasteiger partial charge in [-0.3, -0.25) is 0 Å². The van der Waals surface area contributed by atoms with Gasteiger partial charge in [-0.05, 0) is 64.8 Å². The summed E-state index contributed by atoms with van der Waals surface area (Å²) in [5, 5.41) is 3.95. The second-order valence-electron chi connectivity index (χ2n) is 4.35. The van der Waals surface area contributed by atoms with Gasteiger partial charge in [0.1, 0.15) is 5.82 Å². The molecule has 2 aromatic carbocycles. The number of halogens is 3. The highest BCUT2D eigenvalue weighted by Crippen LogP contribution is 2.27. The highest BCUT2D eigenvalue weighted by atomic mass is 79.9. The number of hydrogen-bond donors (Lipinski definition) is 1. The standard InChI is InChI=1S/C15H14BrClFN/c1-19-15(8-10-2-5-12(18)6-3-10)11-4-7-13(16)14(17)9-11/h2-7,9,15,19H,8H2,1H3. The number of nitrogens with one attached hydrogen (secondary N) is 1. The first-order chi connectivity index (χ1) is 9.10. The summed E-state index contributed by atoms with van der Waals surface area (Å²) >= 11 is 9.50. The van der Waals surface area contributed by atoms with Gasteiger partial charge in [0.15, 0.2) is 0 Å². The Morgan fingerprint density at radius 3 is 2.47 bits per heavy atom. The molecule has 0 aliphatic heterocycles. The summed E-state index contributed by atoms with van der Waals surface area (Å²) in [6.45, 7) is 0. The van der Waals surface area contributed by atoms with E-state index in [9.17, 15) is 4.39 Å². The first-order valence-electron chi connectivity index (χ1n) is 5.97. The maximum atomic E-state index is 12.9. The Kier molecular flexibility index (Phi) is 4.97. The van der Waals surface area contributed by atoms with Gasteiger partial charge in [-0.15, -0.1) is 0 Å². The fourth-order valence-corrected chi connectivity index (χ4v) is 2.41. The monoisotopic (exact) mass is 341 g/mol.